The molecule has 2 heteroatoms. The van der Waals surface area contributed by atoms with Crippen molar-refractivity contribution in [3.63, 3.8) is 0 Å². The second kappa shape index (κ2) is 4.86. The molecule has 0 N–H and O–H groups in total. The van der Waals surface area contributed by atoms with Gasteiger partial charge in [0.1, 0.15) is 5.78 Å². The average molecular weight is 197 g/mol. The van der Waals surface area contributed by atoms with Gasteiger partial charge in [-0.05, 0) is 13.8 Å². The summed E-state index contributed by atoms with van der Waals surface area (Å²) in [6, 6.07) is 0. The first kappa shape index (κ1) is 9.29. The van der Waals surface area contributed by atoms with Crippen LogP contribution in [-0.4, -0.2) is 5.78 Å². The Morgan fingerprint density at radius 3 is 1.40 bits per heavy atom. The van der Waals surface area contributed by atoms with Crippen LogP contribution >= 0.6 is 0 Å². The quantitative estimate of drug-likeness (QED) is 0.555. The third-order valence-electron chi connectivity index (χ3n) is 0. The van der Waals surface area contributed by atoms with Gasteiger partial charge in [-0.2, -0.15) is 0 Å². The molecule has 0 saturated carbocycles. The molecule has 1 nitrogen and oxygen atoms in total. The fourth-order valence-corrected chi connectivity index (χ4v) is 0. The summed E-state index contributed by atoms with van der Waals surface area (Å²) >= 11 is 0. The van der Waals surface area contributed by atoms with Crippen LogP contribution in [0.5, 0.6) is 0 Å². The van der Waals surface area contributed by atoms with Crippen LogP contribution in [0.2, 0.25) is 0 Å². The summed E-state index contributed by atoms with van der Waals surface area (Å²) in [5.41, 5.74) is 0. The van der Waals surface area contributed by atoms with E-state index in [9.17, 15) is 4.79 Å². The minimum absolute atomic E-state index is 0. The summed E-state index contributed by atoms with van der Waals surface area (Å²) in [5.74, 6) is 0.167. The SMILES string of the molecule is CC(C)=O.[La]. The molecule has 0 aliphatic carbocycles. The molecular weight excluding hydrogens is 191 g/mol. The number of ketones is 1. The molecule has 0 aromatic rings. The summed E-state index contributed by atoms with van der Waals surface area (Å²) < 4.78 is 0. The normalized spacial score (nSPS) is 5.20. The van der Waals surface area contributed by atoms with Crippen LogP contribution in [0.3, 0.4) is 0 Å². The van der Waals surface area contributed by atoms with Gasteiger partial charge in [-0.3, -0.25) is 0 Å². The molecule has 0 aromatic carbocycles. The maximum absolute atomic E-state index is 9.44. The van der Waals surface area contributed by atoms with Gasteiger partial charge in [-0.25, -0.2) is 0 Å². The second-order valence-corrected chi connectivity index (χ2v) is 0.908. The van der Waals surface area contributed by atoms with Crippen molar-refractivity contribution >= 4 is 5.78 Å². The van der Waals surface area contributed by atoms with E-state index in [1.54, 1.807) is 0 Å². The molecule has 0 rings (SSSR count). The minimum Gasteiger partial charge on any atom is -0.300 e. The van der Waals surface area contributed by atoms with Crippen molar-refractivity contribution in [2.75, 3.05) is 0 Å². The molecular formula is C3H6LaO. The maximum atomic E-state index is 9.44. The van der Waals surface area contributed by atoms with E-state index in [0.717, 1.165) is 0 Å². The molecule has 0 aliphatic heterocycles. The summed E-state index contributed by atoms with van der Waals surface area (Å²) in [7, 11) is 0. The Labute approximate surface area is 59.7 Å². The topological polar surface area (TPSA) is 17.1 Å². The number of hydrogen-bond acceptors (Lipinski definition) is 1. The first-order valence-corrected chi connectivity index (χ1v) is 1.20. The molecule has 0 fully saturated rings. The van der Waals surface area contributed by atoms with Crippen molar-refractivity contribution in [1.29, 1.82) is 0 Å². The van der Waals surface area contributed by atoms with E-state index in [2.05, 4.69) is 0 Å². The molecule has 0 spiro atoms. The third-order valence-corrected chi connectivity index (χ3v) is 0. The van der Waals surface area contributed by atoms with Gasteiger partial charge in [0.2, 0.25) is 0 Å². The Hall–Kier alpha value is 0.865. The zero-order valence-corrected chi connectivity index (χ0v) is 7.11. The van der Waals surface area contributed by atoms with Gasteiger partial charge in [-0.15, -0.1) is 0 Å². The number of carbonyl (C=O) groups excluding carboxylic acids is 1. The van der Waals surface area contributed by atoms with E-state index >= 15 is 0 Å². The Morgan fingerprint density at radius 2 is 1.40 bits per heavy atom. The van der Waals surface area contributed by atoms with Crippen LogP contribution in [-0.2, 0) is 4.79 Å². The largest absolute Gasteiger partial charge is 0.300 e. The van der Waals surface area contributed by atoms with Gasteiger partial charge in [0, 0.05) is 35.6 Å². The zero-order chi connectivity index (χ0) is 3.58. The first-order chi connectivity index (χ1) is 1.73. The first-order valence-electron chi connectivity index (χ1n) is 1.20. The van der Waals surface area contributed by atoms with Crippen molar-refractivity contribution < 1.29 is 40.4 Å². The van der Waals surface area contributed by atoms with E-state index in [4.69, 9.17) is 0 Å². The van der Waals surface area contributed by atoms with Gasteiger partial charge >= 0.3 is 0 Å². The Morgan fingerprint density at radius 1 is 1.40 bits per heavy atom. The predicted octanol–water partition coefficient (Wildman–Crippen LogP) is 0.595. The second-order valence-electron chi connectivity index (χ2n) is 0.908. The number of Topliss-reactive ketones (excluding diaryl/α,β-unsaturated/α-hetero) is 1. The Balaban J connectivity index is 0. The Bertz CT molecular complexity index is 29.9. The fraction of sp³-hybridized carbons (Fsp3) is 0.667. The van der Waals surface area contributed by atoms with E-state index in [1.165, 1.54) is 13.8 Å². The maximum Gasteiger partial charge on any atom is 0.126 e. The van der Waals surface area contributed by atoms with Crippen LogP contribution in [0, 0.1) is 35.6 Å². The van der Waals surface area contributed by atoms with Crippen molar-refractivity contribution in [2.24, 2.45) is 0 Å². The van der Waals surface area contributed by atoms with Gasteiger partial charge < -0.3 is 4.79 Å². The van der Waals surface area contributed by atoms with Crippen LogP contribution in [0.1, 0.15) is 13.8 Å². The van der Waals surface area contributed by atoms with Gasteiger partial charge in [0.25, 0.3) is 0 Å². The van der Waals surface area contributed by atoms with Gasteiger partial charge in [-0.1, -0.05) is 0 Å². The number of hydrogen-bond donors (Lipinski definition) is 0. The third kappa shape index (κ3) is 53.4. The van der Waals surface area contributed by atoms with Crippen molar-refractivity contribution in [3.05, 3.63) is 0 Å². The summed E-state index contributed by atoms with van der Waals surface area (Å²) in [6.45, 7) is 3.06. The molecule has 0 atom stereocenters. The smallest absolute Gasteiger partial charge is 0.126 e. The molecule has 0 saturated heterocycles. The van der Waals surface area contributed by atoms with E-state index in [-0.39, 0.29) is 41.4 Å². The van der Waals surface area contributed by atoms with Crippen LogP contribution < -0.4 is 0 Å². The summed E-state index contributed by atoms with van der Waals surface area (Å²) in [6.07, 6.45) is 0. The molecule has 0 aromatic heterocycles. The summed E-state index contributed by atoms with van der Waals surface area (Å²) in [5, 5.41) is 0. The molecule has 0 bridgehead atoms. The zero-order valence-electron chi connectivity index (χ0n) is 3.49. The van der Waals surface area contributed by atoms with Crippen LogP contribution in [0.25, 0.3) is 0 Å². The molecule has 0 aliphatic rings. The van der Waals surface area contributed by atoms with E-state index in [0.29, 0.717) is 0 Å². The molecule has 27 valence electrons. The van der Waals surface area contributed by atoms with Crippen LogP contribution in [0.4, 0.5) is 0 Å². The van der Waals surface area contributed by atoms with Crippen LogP contribution in [0.15, 0.2) is 0 Å². The average Bonchev–Trinajstić information content (AvgIpc) is 0.811. The molecule has 0 amide bonds. The molecule has 0 unspecified atom stereocenters. The number of carbonyl (C=O) groups is 1. The standard InChI is InChI=1S/C3H6O.La/c1-3(2)4;/h1-2H3;. The predicted molar refractivity (Wildman–Crippen MR) is 16.4 cm³/mol. The van der Waals surface area contributed by atoms with Crippen molar-refractivity contribution in [2.45, 2.75) is 13.8 Å². The summed E-state index contributed by atoms with van der Waals surface area (Å²) in [4.78, 5) is 9.44. The monoisotopic (exact) mass is 197 g/mol. The minimum atomic E-state index is 0. The Kier molecular flexibility index (Phi) is 9.04. The fourth-order valence-electron chi connectivity index (χ4n) is 0. The van der Waals surface area contributed by atoms with Gasteiger partial charge in [0.05, 0.1) is 0 Å². The van der Waals surface area contributed by atoms with Crippen molar-refractivity contribution in [1.82, 2.24) is 0 Å². The van der Waals surface area contributed by atoms with Gasteiger partial charge in [0.15, 0.2) is 0 Å². The van der Waals surface area contributed by atoms with E-state index < -0.39 is 0 Å². The van der Waals surface area contributed by atoms with E-state index in [1.807, 2.05) is 0 Å². The number of rotatable bonds is 0. The molecule has 0 heterocycles. The molecule has 5 heavy (non-hydrogen) atoms. The van der Waals surface area contributed by atoms with Crippen molar-refractivity contribution in [3.8, 4) is 0 Å². The molecule has 1 radical (unpaired) electrons.